The van der Waals surface area contributed by atoms with Gasteiger partial charge in [0.15, 0.2) is 12.4 Å². The van der Waals surface area contributed by atoms with E-state index in [0.29, 0.717) is 28.9 Å². The highest BCUT2D eigenvalue weighted by atomic mass is 16.6. The van der Waals surface area contributed by atoms with Crippen LogP contribution in [0.1, 0.15) is 25.0 Å². The Morgan fingerprint density at radius 3 is 2.39 bits per heavy atom. The molecule has 0 aliphatic carbocycles. The van der Waals surface area contributed by atoms with Gasteiger partial charge in [-0.2, -0.15) is 0 Å². The predicted octanol–water partition coefficient (Wildman–Crippen LogP) is 4.65. The van der Waals surface area contributed by atoms with E-state index in [4.69, 9.17) is 13.9 Å². The van der Waals surface area contributed by atoms with Crippen LogP contribution in [-0.4, -0.2) is 19.2 Å². The molecule has 5 heteroatoms. The molecule has 28 heavy (non-hydrogen) atoms. The van der Waals surface area contributed by atoms with E-state index in [1.165, 1.54) is 0 Å². The molecular formula is C23H24O5. The van der Waals surface area contributed by atoms with Crippen molar-refractivity contribution in [2.75, 3.05) is 13.2 Å². The third-order valence-electron chi connectivity index (χ3n) is 4.23. The molecule has 2 aromatic carbocycles. The first kappa shape index (κ1) is 19.7. The molecule has 0 fully saturated rings. The predicted molar refractivity (Wildman–Crippen MR) is 109 cm³/mol. The van der Waals surface area contributed by atoms with Crippen LogP contribution in [0, 0.1) is 19.8 Å². The van der Waals surface area contributed by atoms with Crippen LogP contribution in [0.2, 0.25) is 0 Å². The fourth-order valence-corrected chi connectivity index (χ4v) is 2.75. The standard InChI is InChI=1S/C23H24O5/c1-14(2)12-26-20(24)13-27-23-21(25)18-11-16(4)7-10-19(18)28-22(23)17-8-5-15(3)6-9-17/h5-11,14H,12-13H2,1-4H3. The summed E-state index contributed by atoms with van der Waals surface area (Å²) >= 11 is 0. The topological polar surface area (TPSA) is 65.7 Å². The monoisotopic (exact) mass is 380 g/mol. The Balaban J connectivity index is 2.03. The first-order valence-electron chi connectivity index (χ1n) is 9.28. The number of carbonyl (C=O) groups excluding carboxylic acids is 1. The van der Waals surface area contributed by atoms with Crippen molar-refractivity contribution in [2.24, 2.45) is 5.92 Å². The van der Waals surface area contributed by atoms with Crippen molar-refractivity contribution in [2.45, 2.75) is 27.7 Å². The maximum Gasteiger partial charge on any atom is 0.344 e. The summed E-state index contributed by atoms with van der Waals surface area (Å²) in [4.78, 5) is 25.0. The van der Waals surface area contributed by atoms with Gasteiger partial charge in [-0.15, -0.1) is 0 Å². The van der Waals surface area contributed by atoms with E-state index in [1.807, 2.05) is 58.0 Å². The Labute approximate surface area is 163 Å². The van der Waals surface area contributed by atoms with Crippen LogP contribution >= 0.6 is 0 Å². The van der Waals surface area contributed by atoms with Gasteiger partial charge in [0.1, 0.15) is 5.58 Å². The van der Waals surface area contributed by atoms with E-state index in [2.05, 4.69) is 0 Å². The van der Waals surface area contributed by atoms with Crippen LogP contribution in [0.15, 0.2) is 51.7 Å². The minimum absolute atomic E-state index is 0.0171. The maximum atomic E-state index is 13.1. The van der Waals surface area contributed by atoms with E-state index in [0.717, 1.165) is 11.1 Å². The average Bonchev–Trinajstić information content (AvgIpc) is 2.66. The van der Waals surface area contributed by atoms with Crippen molar-refractivity contribution in [1.82, 2.24) is 0 Å². The molecule has 0 saturated carbocycles. The molecule has 0 aliphatic rings. The third-order valence-corrected chi connectivity index (χ3v) is 4.23. The molecule has 1 aromatic heterocycles. The zero-order valence-electron chi connectivity index (χ0n) is 16.6. The summed E-state index contributed by atoms with van der Waals surface area (Å²) in [6.07, 6.45) is 0. The largest absolute Gasteiger partial charge is 0.474 e. The number of ether oxygens (including phenoxy) is 2. The lowest BCUT2D eigenvalue weighted by Crippen LogP contribution is -2.20. The molecule has 0 aliphatic heterocycles. The number of benzene rings is 2. The smallest absolute Gasteiger partial charge is 0.344 e. The van der Waals surface area contributed by atoms with Gasteiger partial charge in [0, 0.05) is 5.56 Å². The second kappa shape index (κ2) is 8.30. The Hall–Kier alpha value is -3.08. The third kappa shape index (κ3) is 4.42. The van der Waals surface area contributed by atoms with Crippen LogP contribution in [0.5, 0.6) is 5.75 Å². The van der Waals surface area contributed by atoms with Crippen molar-refractivity contribution >= 4 is 16.9 Å². The summed E-state index contributed by atoms with van der Waals surface area (Å²) in [5.41, 5.74) is 2.89. The summed E-state index contributed by atoms with van der Waals surface area (Å²) in [5.74, 6) is 0.0227. The molecule has 0 spiro atoms. The summed E-state index contributed by atoms with van der Waals surface area (Å²) in [6, 6.07) is 13.0. The molecule has 1 heterocycles. The molecule has 0 amide bonds. The molecule has 0 radical (unpaired) electrons. The van der Waals surface area contributed by atoms with Gasteiger partial charge in [-0.3, -0.25) is 4.79 Å². The van der Waals surface area contributed by atoms with Crippen LogP contribution in [0.4, 0.5) is 0 Å². The molecule has 3 rings (SSSR count). The van der Waals surface area contributed by atoms with Gasteiger partial charge in [-0.1, -0.05) is 55.3 Å². The highest BCUT2D eigenvalue weighted by Crippen LogP contribution is 2.31. The average molecular weight is 380 g/mol. The Bertz CT molecular complexity index is 1050. The van der Waals surface area contributed by atoms with Crippen molar-refractivity contribution in [3.05, 3.63) is 63.8 Å². The molecule has 5 nitrogen and oxygen atoms in total. The summed E-state index contributed by atoms with van der Waals surface area (Å²) in [7, 11) is 0. The van der Waals surface area contributed by atoms with Crippen LogP contribution in [0.3, 0.4) is 0 Å². The van der Waals surface area contributed by atoms with E-state index in [-0.39, 0.29) is 23.7 Å². The number of rotatable bonds is 6. The zero-order chi connectivity index (χ0) is 20.3. The second-order valence-electron chi connectivity index (χ2n) is 7.32. The number of hydrogen-bond acceptors (Lipinski definition) is 5. The quantitative estimate of drug-likeness (QED) is 0.582. The lowest BCUT2D eigenvalue weighted by Gasteiger charge is -2.12. The van der Waals surface area contributed by atoms with Gasteiger partial charge in [-0.05, 0) is 31.9 Å². The van der Waals surface area contributed by atoms with Gasteiger partial charge < -0.3 is 13.9 Å². The minimum Gasteiger partial charge on any atom is -0.474 e. The number of esters is 1. The number of aryl methyl sites for hydroxylation is 2. The Morgan fingerprint density at radius 2 is 1.71 bits per heavy atom. The molecule has 3 aromatic rings. The highest BCUT2D eigenvalue weighted by molar-refractivity contribution is 5.83. The van der Waals surface area contributed by atoms with Crippen molar-refractivity contribution in [3.8, 4) is 17.1 Å². The molecule has 146 valence electrons. The molecule has 0 N–H and O–H groups in total. The highest BCUT2D eigenvalue weighted by Gasteiger charge is 2.19. The second-order valence-corrected chi connectivity index (χ2v) is 7.32. The van der Waals surface area contributed by atoms with Gasteiger partial charge in [0.05, 0.1) is 12.0 Å². The van der Waals surface area contributed by atoms with E-state index < -0.39 is 5.97 Å². The fourth-order valence-electron chi connectivity index (χ4n) is 2.75. The van der Waals surface area contributed by atoms with E-state index >= 15 is 0 Å². The van der Waals surface area contributed by atoms with Crippen molar-refractivity contribution in [1.29, 1.82) is 0 Å². The van der Waals surface area contributed by atoms with Crippen molar-refractivity contribution in [3.63, 3.8) is 0 Å². The number of carbonyl (C=O) groups is 1. The lowest BCUT2D eigenvalue weighted by atomic mass is 10.1. The van der Waals surface area contributed by atoms with Gasteiger partial charge >= 0.3 is 5.97 Å². The SMILES string of the molecule is Cc1ccc(-c2oc3ccc(C)cc3c(=O)c2OCC(=O)OCC(C)C)cc1. The summed E-state index contributed by atoms with van der Waals surface area (Å²) < 4.78 is 16.8. The molecule has 0 unspecified atom stereocenters. The number of fused-ring (bicyclic) bond motifs is 1. The minimum atomic E-state index is -0.521. The van der Waals surface area contributed by atoms with Gasteiger partial charge in [0.25, 0.3) is 0 Å². The first-order chi connectivity index (χ1) is 13.3. The van der Waals surface area contributed by atoms with Crippen LogP contribution in [-0.2, 0) is 9.53 Å². The normalized spacial score (nSPS) is 11.0. The number of hydrogen-bond donors (Lipinski definition) is 0. The molecule has 0 saturated heterocycles. The van der Waals surface area contributed by atoms with E-state index in [1.54, 1.807) is 12.1 Å². The molecule has 0 atom stereocenters. The zero-order valence-corrected chi connectivity index (χ0v) is 16.6. The van der Waals surface area contributed by atoms with E-state index in [9.17, 15) is 9.59 Å². The van der Waals surface area contributed by atoms with Crippen molar-refractivity contribution < 1.29 is 18.7 Å². The first-order valence-corrected chi connectivity index (χ1v) is 9.28. The van der Waals surface area contributed by atoms with Gasteiger partial charge in [-0.25, -0.2) is 4.79 Å². The summed E-state index contributed by atoms with van der Waals surface area (Å²) in [5, 5.41) is 0.418. The maximum absolute atomic E-state index is 13.1. The van der Waals surface area contributed by atoms with Crippen LogP contribution in [0.25, 0.3) is 22.3 Å². The Kier molecular flexibility index (Phi) is 5.83. The molecule has 0 bridgehead atoms. The van der Waals surface area contributed by atoms with Gasteiger partial charge in [0.2, 0.25) is 11.2 Å². The van der Waals surface area contributed by atoms with Crippen LogP contribution < -0.4 is 10.2 Å². The summed E-state index contributed by atoms with van der Waals surface area (Å²) in [6.45, 7) is 7.72. The fraction of sp³-hybridized carbons (Fsp3) is 0.304. The molecular weight excluding hydrogens is 356 g/mol. The Morgan fingerprint density at radius 1 is 1.04 bits per heavy atom. The lowest BCUT2D eigenvalue weighted by molar-refractivity contribution is -0.147.